The fourth-order valence-electron chi connectivity index (χ4n) is 2.91. The molecule has 1 atom stereocenters. The molecule has 0 fully saturated rings. The van der Waals surface area contributed by atoms with Gasteiger partial charge >= 0.3 is 0 Å². The van der Waals surface area contributed by atoms with Gasteiger partial charge in [-0.2, -0.15) is 0 Å². The SMILES string of the molecule is CCCCC(c1cccnc1)N(C)C(=O)c1ccnc(-n2cnnc2)c1. The molecule has 7 nitrogen and oxygen atoms in total. The van der Waals surface area contributed by atoms with Crippen molar-refractivity contribution in [1.29, 1.82) is 0 Å². The number of nitrogens with zero attached hydrogens (tertiary/aromatic N) is 6. The first kappa shape index (κ1) is 17.7. The van der Waals surface area contributed by atoms with Crippen LogP contribution in [0.3, 0.4) is 0 Å². The molecule has 0 aliphatic heterocycles. The molecule has 0 spiro atoms. The molecule has 1 amide bonds. The smallest absolute Gasteiger partial charge is 0.254 e. The van der Waals surface area contributed by atoms with Crippen LogP contribution in [-0.4, -0.2) is 42.6 Å². The lowest BCUT2D eigenvalue weighted by molar-refractivity contribution is 0.0720. The molecule has 0 radical (unpaired) electrons. The van der Waals surface area contributed by atoms with Gasteiger partial charge in [-0.25, -0.2) is 4.98 Å². The van der Waals surface area contributed by atoms with Gasteiger partial charge in [0.1, 0.15) is 18.5 Å². The van der Waals surface area contributed by atoms with Crippen molar-refractivity contribution in [3.05, 3.63) is 66.6 Å². The highest BCUT2D eigenvalue weighted by molar-refractivity contribution is 5.94. The number of carbonyl (C=O) groups is 1. The highest BCUT2D eigenvalue weighted by atomic mass is 16.2. The van der Waals surface area contributed by atoms with Crippen LogP contribution in [0.25, 0.3) is 5.82 Å². The quantitative estimate of drug-likeness (QED) is 0.654. The van der Waals surface area contributed by atoms with E-state index in [2.05, 4.69) is 27.1 Å². The molecular formula is C19H22N6O. The molecule has 0 aliphatic carbocycles. The Morgan fingerprint density at radius 3 is 2.73 bits per heavy atom. The molecule has 3 rings (SSSR count). The molecule has 0 aliphatic rings. The lowest BCUT2D eigenvalue weighted by atomic mass is 10.0. The van der Waals surface area contributed by atoms with Crippen LogP contribution in [-0.2, 0) is 0 Å². The van der Waals surface area contributed by atoms with Crippen molar-refractivity contribution in [1.82, 2.24) is 29.6 Å². The molecule has 3 aromatic heterocycles. The van der Waals surface area contributed by atoms with Crippen LogP contribution in [0.2, 0.25) is 0 Å². The summed E-state index contributed by atoms with van der Waals surface area (Å²) in [5.74, 6) is 0.562. The number of unbranched alkanes of at least 4 members (excludes halogenated alkanes) is 1. The zero-order chi connectivity index (χ0) is 18.4. The van der Waals surface area contributed by atoms with E-state index in [9.17, 15) is 4.79 Å². The fourth-order valence-corrected chi connectivity index (χ4v) is 2.91. The average molecular weight is 350 g/mol. The Kier molecular flexibility index (Phi) is 5.68. The van der Waals surface area contributed by atoms with Crippen LogP contribution in [0, 0.1) is 0 Å². The van der Waals surface area contributed by atoms with Gasteiger partial charge in [0.15, 0.2) is 0 Å². The predicted octanol–water partition coefficient (Wildman–Crippen LogP) is 3.06. The maximum Gasteiger partial charge on any atom is 0.254 e. The van der Waals surface area contributed by atoms with E-state index in [1.165, 1.54) is 0 Å². The molecule has 0 saturated heterocycles. The Morgan fingerprint density at radius 1 is 1.23 bits per heavy atom. The molecule has 3 heterocycles. The van der Waals surface area contributed by atoms with Crippen molar-refractivity contribution in [2.75, 3.05) is 7.05 Å². The monoisotopic (exact) mass is 350 g/mol. The first-order chi connectivity index (χ1) is 12.7. The van der Waals surface area contributed by atoms with Crippen molar-refractivity contribution in [3.63, 3.8) is 0 Å². The van der Waals surface area contributed by atoms with Gasteiger partial charge in [-0.15, -0.1) is 10.2 Å². The number of carbonyl (C=O) groups excluding carboxylic acids is 1. The van der Waals surface area contributed by atoms with Crippen molar-refractivity contribution < 1.29 is 4.79 Å². The first-order valence-corrected chi connectivity index (χ1v) is 8.69. The van der Waals surface area contributed by atoms with Crippen molar-refractivity contribution in [2.24, 2.45) is 0 Å². The van der Waals surface area contributed by atoms with Crippen molar-refractivity contribution in [3.8, 4) is 5.82 Å². The van der Waals surface area contributed by atoms with Gasteiger partial charge in [0, 0.05) is 31.2 Å². The predicted molar refractivity (Wildman–Crippen MR) is 97.8 cm³/mol. The maximum absolute atomic E-state index is 13.1. The number of pyridine rings is 2. The topological polar surface area (TPSA) is 76.8 Å². The fraction of sp³-hybridized carbons (Fsp3) is 0.316. The molecule has 26 heavy (non-hydrogen) atoms. The van der Waals surface area contributed by atoms with Crippen LogP contribution in [0.15, 0.2) is 55.5 Å². The van der Waals surface area contributed by atoms with Crippen LogP contribution < -0.4 is 0 Å². The average Bonchev–Trinajstić information content (AvgIpc) is 3.23. The second kappa shape index (κ2) is 8.33. The lowest BCUT2D eigenvalue weighted by Gasteiger charge is -2.28. The Morgan fingerprint density at radius 2 is 2.04 bits per heavy atom. The summed E-state index contributed by atoms with van der Waals surface area (Å²) in [6, 6.07) is 7.40. The van der Waals surface area contributed by atoms with E-state index in [1.807, 2.05) is 25.4 Å². The third-order valence-electron chi connectivity index (χ3n) is 4.36. The zero-order valence-electron chi connectivity index (χ0n) is 15.0. The van der Waals surface area contributed by atoms with E-state index in [4.69, 9.17) is 0 Å². The number of hydrogen-bond acceptors (Lipinski definition) is 5. The van der Waals surface area contributed by atoms with E-state index in [1.54, 1.807) is 46.6 Å². The van der Waals surface area contributed by atoms with Crippen LogP contribution in [0.5, 0.6) is 0 Å². The Hall–Kier alpha value is -3.09. The van der Waals surface area contributed by atoms with E-state index < -0.39 is 0 Å². The van der Waals surface area contributed by atoms with E-state index in [0.29, 0.717) is 11.4 Å². The molecule has 3 aromatic rings. The second-order valence-electron chi connectivity index (χ2n) is 6.13. The van der Waals surface area contributed by atoms with Gasteiger partial charge in [0.2, 0.25) is 0 Å². The van der Waals surface area contributed by atoms with E-state index >= 15 is 0 Å². The van der Waals surface area contributed by atoms with Crippen LogP contribution in [0.4, 0.5) is 0 Å². The molecule has 1 unspecified atom stereocenters. The number of hydrogen-bond donors (Lipinski definition) is 0. The highest BCUT2D eigenvalue weighted by Crippen LogP contribution is 2.26. The molecule has 0 N–H and O–H groups in total. The second-order valence-corrected chi connectivity index (χ2v) is 6.13. The minimum atomic E-state index is -0.0494. The van der Waals surface area contributed by atoms with E-state index in [-0.39, 0.29) is 11.9 Å². The number of rotatable bonds is 7. The van der Waals surface area contributed by atoms with Gasteiger partial charge < -0.3 is 4.90 Å². The zero-order valence-corrected chi connectivity index (χ0v) is 15.0. The summed E-state index contributed by atoms with van der Waals surface area (Å²) < 4.78 is 1.67. The van der Waals surface area contributed by atoms with Crippen molar-refractivity contribution >= 4 is 5.91 Å². The summed E-state index contributed by atoms with van der Waals surface area (Å²) in [5, 5.41) is 7.56. The standard InChI is InChI=1S/C19H22N6O/c1-3-4-7-17(16-6-5-9-20-12-16)24(2)19(26)15-8-10-21-18(11-15)25-13-22-23-14-25/h5-6,8-14,17H,3-4,7H2,1-2H3. The molecule has 0 bridgehead atoms. The van der Waals surface area contributed by atoms with Gasteiger partial charge in [-0.3, -0.25) is 14.3 Å². The molecular weight excluding hydrogens is 328 g/mol. The lowest BCUT2D eigenvalue weighted by Crippen LogP contribution is -2.31. The Bertz CT molecular complexity index is 834. The van der Waals surface area contributed by atoms with Gasteiger partial charge in [-0.05, 0) is 30.2 Å². The molecule has 7 heteroatoms. The van der Waals surface area contributed by atoms with Crippen LogP contribution in [0.1, 0.15) is 48.1 Å². The number of amides is 1. The summed E-state index contributed by atoms with van der Waals surface area (Å²) in [4.78, 5) is 23.4. The van der Waals surface area contributed by atoms with Gasteiger partial charge in [-0.1, -0.05) is 25.8 Å². The maximum atomic E-state index is 13.1. The highest BCUT2D eigenvalue weighted by Gasteiger charge is 2.23. The largest absolute Gasteiger partial charge is 0.335 e. The normalized spacial score (nSPS) is 11.9. The summed E-state index contributed by atoms with van der Waals surface area (Å²) in [6.07, 6.45) is 11.3. The Labute approximate surface area is 152 Å². The first-order valence-electron chi connectivity index (χ1n) is 8.69. The molecule has 0 saturated carbocycles. The summed E-state index contributed by atoms with van der Waals surface area (Å²) in [7, 11) is 1.84. The number of aromatic nitrogens is 5. The van der Waals surface area contributed by atoms with Gasteiger partial charge in [0.25, 0.3) is 5.91 Å². The van der Waals surface area contributed by atoms with Crippen LogP contribution >= 0.6 is 0 Å². The molecule has 134 valence electrons. The minimum absolute atomic E-state index is 0.0114. The van der Waals surface area contributed by atoms with Crippen molar-refractivity contribution in [2.45, 2.75) is 32.2 Å². The molecule has 0 aromatic carbocycles. The third-order valence-corrected chi connectivity index (χ3v) is 4.36. The summed E-state index contributed by atoms with van der Waals surface area (Å²) in [5.41, 5.74) is 1.63. The summed E-state index contributed by atoms with van der Waals surface area (Å²) in [6.45, 7) is 2.15. The van der Waals surface area contributed by atoms with Gasteiger partial charge in [0.05, 0.1) is 6.04 Å². The van der Waals surface area contributed by atoms with E-state index in [0.717, 1.165) is 24.8 Å². The third kappa shape index (κ3) is 3.93. The summed E-state index contributed by atoms with van der Waals surface area (Å²) >= 11 is 0. The Balaban J connectivity index is 1.86. The minimum Gasteiger partial charge on any atom is -0.335 e.